The Bertz CT molecular complexity index is 1070. The summed E-state index contributed by atoms with van der Waals surface area (Å²) < 4.78 is 11.1. The highest BCUT2D eigenvalue weighted by molar-refractivity contribution is 5.81. The van der Waals surface area contributed by atoms with E-state index in [1.54, 1.807) is 0 Å². The molecule has 0 aromatic heterocycles. The Labute approximate surface area is 204 Å². The van der Waals surface area contributed by atoms with Crippen LogP contribution in [0.5, 0.6) is 0 Å². The summed E-state index contributed by atoms with van der Waals surface area (Å²) in [4.78, 5) is 36.5. The van der Waals surface area contributed by atoms with Crippen molar-refractivity contribution < 1.29 is 29.0 Å². The lowest BCUT2D eigenvalue weighted by Gasteiger charge is -2.22. The van der Waals surface area contributed by atoms with Crippen LogP contribution in [0.3, 0.4) is 0 Å². The van der Waals surface area contributed by atoms with Crippen molar-refractivity contribution in [3.8, 4) is 11.1 Å². The van der Waals surface area contributed by atoms with Gasteiger partial charge in [-0.1, -0.05) is 55.0 Å². The summed E-state index contributed by atoms with van der Waals surface area (Å²) in [5, 5.41) is 14.9. The largest absolute Gasteiger partial charge is 0.481 e. The molecule has 8 heteroatoms. The van der Waals surface area contributed by atoms with Gasteiger partial charge < -0.3 is 25.2 Å². The minimum atomic E-state index is -0.873. The Morgan fingerprint density at radius 3 is 2.34 bits per heavy atom. The Kier molecular flexibility index (Phi) is 6.72. The maximum atomic E-state index is 12.8. The van der Waals surface area contributed by atoms with Crippen molar-refractivity contribution in [1.29, 1.82) is 0 Å². The molecular formula is C27H30N2O6. The van der Waals surface area contributed by atoms with Gasteiger partial charge in [-0.05, 0) is 41.5 Å². The maximum absolute atomic E-state index is 12.8. The van der Waals surface area contributed by atoms with Crippen molar-refractivity contribution >= 4 is 18.0 Å². The molecule has 1 saturated heterocycles. The second-order valence-electron chi connectivity index (χ2n) is 9.59. The van der Waals surface area contributed by atoms with Crippen LogP contribution in [0.4, 0.5) is 4.79 Å². The maximum Gasteiger partial charge on any atom is 0.407 e. The fourth-order valence-electron chi connectivity index (χ4n) is 5.60. The predicted molar refractivity (Wildman–Crippen MR) is 128 cm³/mol. The second-order valence-corrected chi connectivity index (χ2v) is 9.59. The number of ether oxygens (including phenoxy) is 2. The fourth-order valence-corrected chi connectivity index (χ4v) is 5.60. The lowest BCUT2D eigenvalue weighted by atomic mass is 9.98. The van der Waals surface area contributed by atoms with E-state index < -0.39 is 18.0 Å². The van der Waals surface area contributed by atoms with Crippen molar-refractivity contribution in [1.82, 2.24) is 10.6 Å². The van der Waals surface area contributed by atoms with Crippen LogP contribution in [0.1, 0.15) is 42.7 Å². The van der Waals surface area contributed by atoms with Gasteiger partial charge in [0.2, 0.25) is 5.91 Å². The molecule has 4 atom stereocenters. The Balaban J connectivity index is 1.13. The molecule has 35 heavy (non-hydrogen) atoms. The van der Waals surface area contributed by atoms with E-state index in [9.17, 15) is 14.4 Å². The number of nitrogens with one attached hydrogen (secondary N) is 2. The van der Waals surface area contributed by atoms with Gasteiger partial charge in [-0.15, -0.1) is 0 Å². The van der Waals surface area contributed by atoms with Crippen LogP contribution in [-0.2, 0) is 19.1 Å². The number of alkyl carbamates (subject to hydrolysis) is 1. The Morgan fingerprint density at radius 1 is 1.00 bits per heavy atom. The van der Waals surface area contributed by atoms with Gasteiger partial charge in [-0.2, -0.15) is 0 Å². The highest BCUT2D eigenvalue weighted by Gasteiger charge is 2.36. The molecule has 1 saturated carbocycles. The SMILES string of the molecule is O=C(N[C@H]1CCC[C@H]1C(=O)NC[C@@H]1C[C@H](C(=O)O)CO1)OCC1c2ccccc2-c2ccccc21. The fraction of sp³-hybridized carbons (Fsp3) is 0.444. The number of rotatable bonds is 7. The van der Waals surface area contributed by atoms with Crippen molar-refractivity contribution in [3.05, 3.63) is 59.7 Å². The van der Waals surface area contributed by atoms with E-state index >= 15 is 0 Å². The van der Waals surface area contributed by atoms with Gasteiger partial charge in [0.25, 0.3) is 0 Å². The Hall–Kier alpha value is -3.39. The average molecular weight is 479 g/mol. The zero-order chi connectivity index (χ0) is 24.4. The van der Waals surface area contributed by atoms with Crippen molar-refractivity contribution in [2.45, 2.75) is 43.7 Å². The molecule has 1 aliphatic heterocycles. The highest BCUT2D eigenvalue weighted by atomic mass is 16.5. The molecule has 0 spiro atoms. The zero-order valence-corrected chi connectivity index (χ0v) is 19.4. The quantitative estimate of drug-likeness (QED) is 0.563. The molecule has 0 radical (unpaired) electrons. The van der Waals surface area contributed by atoms with Crippen LogP contribution < -0.4 is 10.6 Å². The Morgan fingerprint density at radius 2 is 1.69 bits per heavy atom. The number of carbonyl (C=O) groups is 3. The third-order valence-corrected chi connectivity index (χ3v) is 7.43. The standard InChI is InChI=1S/C27H30N2O6/c30-25(28-13-17-12-16(14-34-17)26(31)32)22-10-5-11-24(22)29-27(33)35-15-23-20-8-3-1-6-18(20)19-7-2-4-9-21(19)23/h1-4,6-9,16-17,22-24H,5,10-15H2,(H,28,30)(H,29,33)(H,31,32)/t16-,17-,22+,24-/m0/s1. The molecule has 2 aromatic carbocycles. The minimum Gasteiger partial charge on any atom is -0.481 e. The topological polar surface area (TPSA) is 114 Å². The number of fused-ring (bicyclic) bond motifs is 3. The molecule has 1 heterocycles. The molecule has 2 amide bonds. The molecule has 2 aromatic rings. The van der Waals surface area contributed by atoms with E-state index in [4.69, 9.17) is 14.6 Å². The van der Waals surface area contributed by atoms with Gasteiger partial charge in [0, 0.05) is 18.5 Å². The van der Waals surface area contributed by atoms with Gasteiger partial charge in [0.15, 0.2) is 0 Å². The van der Waals surface area contributed by atoms with E-state index in [-0.39, 0.29) is 49.6 Å². The summed E-state index contributed by atoms with van der Waals surface area (Å²) in [5.41, 5.74) is 4.65. The van der Waals surface area contributed by atoms with Crippen molar-refractivity contribution in [2.75, 3.05) is 19.8 Å². The number of hydrogen-bond donors (Lipinski definition) is 3. The van der Waals surface area contributed by atoms with Crippen LogP contribution in [0.15, 0.2) is 48.5 Å². The summed E-state index contributed by atoms with van der Waals surface area (Å²) in [7, 11) is 0. The van der Waals surface area contributed by atoms with Gasteiger partial charge >= 0.3 is 12.1 Å². The molecule has 3 N–H and O–H groups in total. The van der Waals surface area contributed by atoms with Gasteiger partial charge in [-0.25, -0.2) is 4.79 Å². The molecule has 3 aliphatic rings. The van der Waals surface area contributed by atoms with E-state index in [1.165, 1.54) is 11.1 Å². The lowest BCUT2D eigenvalue weighted by molar-refractivity contribution is -0.141. The normalized spacial score (nSPS) is 25.0. The first kappa shape index (κ1) is 23.4. The van der Waals surface area contributed by atoms with Crippen LogP contribution in [-0.4, -0.2) is 55.0 Å². The van der Waals surface area contributed by atoms with Crippen LogP contribution in [0, 0.1) is 11.8 Å². The lowest BCUT2D eigenvalue weighted by Crippen LogP contribution is -2.45. The summed E-state index contributed by atoms with van der Waals surface area (Å²) >= 11 is 0. The van der Waals surface area contributed by atoms with Crippen LogP contribution >= 0.6 is 0 Å². The number of carboxylic acids is 1. The third kappa shape index (κ3) is 4.89. The minimum absolute atomic E-state index is 0.0168. The van der Waals surface area contributed by atoms with Gasteiger partial charge in [-0.3, -0.25) is 9.59 Å². The third-order valence-electron chi connectivity index (χ3n) is 7.43. The number of amides is 2. The predicted octanol–water partition coefficient (Wildman–Crippen LogP) is 3.30. The van der Waals surface area contributed by atoms with E-state index in [1.807, 2.05) is 24.3 Å². The summed E-state index contributed by atoms with van der Waals surface area (Å²) in [6, 6.07) is 16.1. The summed E-state index contributed by atoms with van der Waals surface area (Å²) in [6.07, 6.45) is 1.82. The number of hydrogen-bond acceptors (Lipinski definition) is 5. The second kappa shape index (κ2) is 10.1. The molecule has 184 valence electrons. The highest BCUT2D eigenvalue weighted by Crippen LogP contribution is 2.44. The van der Waals surface area contributed by atoms with Gasteiger partial charge in [0.1, 0.15) is 6.61 Å². The average Bonchev–Trinajstić information content (AvgIpc) is 3.59. The number of carboxylic acid groups (broad SMARTS) is 1. The van der Waals surface area contributed by atoms with Gasteiger partial charge in [0.05, 0.1) is 24.5 Å². The summed E-state index contributed by atoms with van der Waals surface area (Å²) in [5.74, 6) is -1.90. The molecule has 5 rings (SSSR count). The zero-order valence-electron chi connectivity index (χ0n) is 19.4. The first-order valence-electron chi connectivity index (χ1n) is 12.2. The molecule has 2 aliphatic carbocycles. The van der Waals surface area contributed by atoms with E-state index in [0.29, 0.717) is 19.3 Å². The van der Waals surface area contributed by atoms with Crippen LogP contribution in [0.2, 0.25) is 0 Å². The van der Waals surface area contributed by atoms with E-state index in [2.05, 4.69) is 34.9 Å². The number of carbonyl (C=O) groups excluding carboxylic acids is 2. The van der Waals surface area contributed by atoms with E-state index in [0.717, 1.165) is 17.5 Å². The first-order valence-corrected chi connectivity index (χ1v) is 12.2. The number of benzene rings is 2. The van der Waals surface area contributed by atoms with Crippen molar-refractivity contribution in [3.63, 3.8) is 0 Å². The summed E-state index contributed by atoms with van der Waals surface area (Å²) in [6.45, 7) is 0.676. The van der Waals surface area contributed by atoms with Crippen LogP contribution in [0.25, 0.3) is 11.1 Å². The smallest absolute Gasteiger partial charge is 0.407 e. The number of aliphatic carboxylic acids is 1. The molecule has 2 fully saturated rings. The molecular weight excluding hydrogens is 448 g/mol. The molecule has 8 nitrogen and oxygen atoms in total. The molecule has 0 unspecified atom stereocenters. The van der Waals surface area contributed by atoms with Crippen molar-refractivity contribution in [2.24, 2.45) is 11.8 Å². The molecule has 0 bridgehead atoms. The first-order chi connectivity index (χ1) is 17.0. The monoisotopic (exact) mass is 478 g/mol.